The Hall–Kier alpha value is -2.12. The molecule has 1 aliphatic heterocycles. The summed E-state index contributed by atoms with van der Waals surface area (Å²) in [6.45, 7) is 1.84. The Morgan fingerprint density at radius 1 is 0.913 bits per heavy atom. The molecule has 5 nitrogen and oxygen atoms in total. The van der Waals surface area contributed by atoms with Crippen molar-refractivity contribution in [2.45, 2.75) is 4.90 Å². The van der Waals surface area contributed by atoms with Crippen LogP contribution in [0.5, 0.6) is 0 Å². The second-order valence-electron chi connectivity index (χ2n) is 5.41. The third kappa shape index (κ3) is 3.16. The molecule has 0 atom stereocenters. The van der Waals surface area contributed by atoms with E-state index in [2.05, 4.69) is 0 Å². The van der Waals surface area contributed by atoms with E-state index in [0.29, 0.717) is 26.2 Å². The van der Waals surface area contributed by atoms with E-state index in [-0.39, 0.29) is 16.4 Å². The molecule has 0 aliphatic carbocycles. The fourth-order valence-corrected chi connectivity index (χ4v) is 4.23. The number of para-hydroxylation sites is 1. The van der Waals surface area contributed by atoms with Crippen LogP contribution in [0.4, 0.5) is 15.8 Å². The minimum atomic E-state index is -3.58. The SMILES string of the molecule is Nc1ccccc1S(=O)(=O)N1CCN(c2ccc(F)cc2)CC1. The van der Waals surface area contributed by atoms with Gasteiger partial charge in [-0.1, -0.05) is 12.1 Å². The van der Waals surface area contributed by atoms with Crippen molar-refractivity contribution in [3.05, 3.63) is 54.3 Å². The van der Waals surface area contributed by atoms with E-state index in [1.54, 1.807) is 30.3 Å². The maximum Gasteiger partial charge on any atom is 0.245 e. The normalized spacial score (nSPS) is 16.5. The van der Waals surface area contributed by atoms with Crippen LogP contribution >= 0.6 is 0 Å². The third-order valence-electron chi connectivity index (χ3n) is 3.97. The lowest BCUT2D eigenvalue weighted by Gasteiger charge is -2.35. The van der Waals surface area contributed by atoms with Crippen LogP contribution in [-0.4, -0.2) is 38.9 Å². The van der Waals surface area contributed by atoms with Gasteiger partial charge in [-0.15, -0.1) is 0 Å². The molecule has 0 saturated carbocycles. The van der Waals surface area contributed by atoms with Crippen LogP contribution in [0.1, 0.15) is 0 Å². The Labute approximate surface area is 135 Å². The van der Waals surface area contributed by atoms with Crippen LogP contribution < -0.4 is 10.6 Å². The van der Waals surface area contributed by atoms with Crippen LogP contribution in [-0.2, 0) is 10.0 Å². The lowest BCUT2D eigenvalue weighted by atomic mass is 10.2. The zero-order valence-corrected chi connectivity index (χ0v) is 13.3. The first-order chi connectivity index (χ1) is 11.0. The largest absolute Gasteiger partial charge is 0.398 e. The predicted molar refractivity (Wildman–Crippen MR) is 88.2 cm³/mol. The van der Waals surface area contributed by atoms with Crippen molar-refractivity contribution in [1.29, 1.82) is 0 Å². The van der Waals surface area contributed by atoms with Crippen molar-refractivity contribution < 1.29 is 12.8 Å². The van der Waals surface area contributed by atoms with E-state index in [9.17, 15) is 12.8 Å². The highest BCUT2D eigenvalue weighted by atomic mass is 32.2. The van der Waals surface area contributed by atoms with Crippen molar-refractivity contribution >= 4 is 21.4 Å². The molecule has 2 N–H and O–H groups in total. The number of hydrogen-bond acceptors (Lipinski definition) is 4. The van der Waals surface area contributed by atoms with Gasteiger partial charge in [-0.2, -0.15) is 4.31 Å². The highest BCUT2D eigenvalue weighted by Crippen LogP contribution is 2.24. The molecule has 2 aromatic carbocycles. The molecule has 23 heavy (non-hydrogen) atoms. The summed E-state index contributed by atoms with van der Waals surface area (Å²) in [6.07, 6.45) is 0. The smallest absolute Gasteiger partial charge is 0.245 e. The molecule has 0 aromatic heterocycles. The van der Waals surface area contributed by atoms with Crippen molar-refractivity contribution in [2.75, 3.05) is 36.8 Å². The topological polar surface area (TPSA) is 66.6 Å². The molecule has 7 heteroatoms. The zero-order chi connectivity index (χ0) is 16.4. The van der Waals surface area contributed by atoms with Gasteiger partial charge < -0.3 is 10.6 Å². The van der Waals surface area contributed by atoms with Crippen LogP contribution in [0.3, 0.4) is 0 Å². The highest BCUT2D eigenvalue weighted by Gasteiger charge is 2.29. The highest BCUT2D eigenvalue weighted by molar-refractivity contribution is 7.89. The minimum Gasteiger partial charge on any atom is -0.398 e. The van der Waals surface area contributed by atoms with Crippen LogP contribution in [0, 0.1) is 5.82 Å². The van der Waals surface area contributed by atoms with E-state index < -0.39 is 10.0 Å². The van der Waals surface area contributed by atoms with Crippen molar-refractivity contribution in [1.82, 2.24) is 4.31 Å². The molecule has 3 rings (SSSR count). The molecule has 2 aromatic rings. The summed E-state index contributed by atoms with van der Waals surface area (Å²) in [5.74, 6) is -0.283. The van der Waals surface area contributed by atoms with Gasteiger partial charge in [-0.3, -0.25) is 0 Å². The number of nitrogens with two attached hydrogens (primary N) is 1. The average Bonchev–Trinajstić information content (AvgIpc) is 2.56. The first kappa shape index (κ1) is 15.8. The van der Waals surface area contributed by atoms with E-state index in [4.69, 9.17) is 5.73 Å². The number of nitrogen functional groups attached to an aromatic ring is 1. The van der Waals surface area contributed by atoms with E-state index in [1.165, 1.54) is 22.5 Å². The van der Waals surface area contributed by atoms with Crippen molar-refractivity contribution in [3.8, 4) is 0 Å². The molecular weight excluding hydrogens is 317 g/mol. The van der Waals surface area contributed by atoms with Gasteiger partial charge in [-0.05, 0) is 36.4 Å². The monoisotopic (exact) mass is 335 g/mol. The number of halogens is 1. The quantitative estimate of drug-likeness (QED) is 0.870. The lowest BCUT2D eigenvalue weighted by Crippen LogP contribution is -2.48. The fourth-order valence-electron chi connectivity index (χ4n) is 2.69. The van der Waals surface area contributed by atoms with Crippen LogP contribution in [0.25, 0.3) is 0 Å². The van der Waals surface area contributed by atoms with Gasteiger partial charge in [0.05, 0.1) is 5.69 Å². The van der Waals surface area contributed by atoms with Gasteiger partial charge in [-0.25, -0.2) is 12.8 Å². The van der Waals surface area contributed by atoms with Gasteiger partial charge in [0.2, 0.25) is 10.0 Å². The molecule has 0 unspecified atom stereocenters. The number of rotatable bonds is 3. The van der Waals surface area contributed by atoms with Gasteiger partial charge in [0, 0.05) is 31.9 Å². The second kappa shape index (κ2) is 6.17. The lowest BCUT2D eigenvalue weighted by molar-refractivity contribution is 0.385. The molecule has 0 amide bonds. The molecule has 0 bridgehead atoms. The second-order valence-corrected chi connectivity index (χ2v) is 7.31. The Morgan fingerprint density at radius 2 is 1.52 bits per heavy atom. The Bertz CT molecular complexity index is 785. The average molecular weight is 335 g/mol. The Kier molecular flexibility index (Phi) is 4.23. The number of anilines is 2. The van der Waals surface area contributed by atoms with Crippen LogP contribution in [0.15, 0.2) is 53.4 Å². The minimum absolute atomic E-state index is 0.148. The van der Waals surface area contributed by atoms with E-state index in [0.717, 1.165) is 5.69 Å². The van der Waals surface area contributed by atoms with Crippen molar-refractivity contribution in [3.63, 3.8) is 0 Å². The predicted octanol–water partition coefficient (Wildman–Crippen LogP) is 1.92. The number of sulfonamides is 1. The van der Waals surface area contributed by atoms with Gasteiger partial charge >= 0.3 is 0 Å². The Morgan fingerprint density at radius 3 is 2.13 bits per heavy atom. The molecular formula is C16H18FN3O2S. The van der Waals surface area contributed by atoms with E-state index in [1.807, 2.05) is 4.90 Å². The first-order valence-electron chi connectivity index (χ1n) is 7.33. The summed E-state index contributed by atoms with van der Waals surface area (Å²) >= 11 is 0. The molecule has 1 fully saturated rings. The third-order valence-corrected chi connectivity index (χ3v) is 5.94. The summed E-state index contributed by atoms with van der Waals surface area (Å²) in [5.41, 5.74) is 6.94. The van der Waals surface area contributed by atoms with Gasteiger partial charge in [0.1, 0.15) is 10.7 Å². The zero-order valence-electron chi connectivity index (χ0n) is 12.5. The molecule has 1 heterocycles. The summed E-state index contributed by atoms with van der Waals surface area (Å²) in [5, 5.41) is 0. The van der Waals surface area contributed by atoms with Crippen molar-refractivity contribution in [2.24, 2.45) is 0 Å². The number of nitrogens with zero attached hydrogens (tertiary/aromatic N) is 2. The number of piperazine rings is 1. The number of hydrogen-bond donors (Lipinski definition) is 1. The Balaban J connectivity index is 1.74. The van der Waals surface area contributed by atoms with E-state index >= 15 is 0 Å². The molecule has 122 valence electrons. The van der Waals surface area contributed by atoms with Gasteiger partial charge in [0.25, 0.3) is 0 Å². The molecule has 1 aliphatic rings. The summed E-state index contributed by atoms with van der Waals surface area (Å²) < 4.78 is 39.8. The standard InChI is InChI=1S/C16H18FN3O2S/c17-13-5-7-14(8-6-13)19-9-11-20(12-10-19)23(21,22)16-4-2-1-3-15(16)18/h1-8H,9-12,18H2. The first-order valence-corrected chi connectivity index (χ1v) is 8.77. The fraction of sp³-hybridized carbons (Fsp3) is 0.250. The molecule has 0 spiro atoms. The maximum absolute atomic E-state index is 13.0. The molecule has 0 radical (unpaired) electrons. The van der Waals surface area contributed by atoms with Crippen LogP contribution in [0.2, 0.25) is 0 Å². The maximum atomic E-state index is 13.0. The summed E-state index contributed by atoms with van der Waals surface area (Å²) in [6, 6.07) is 12.7. The summed E-state index contributed by atoms with van der Waals surface area (Å²) in [4.78, 5) is 2.19. The summed E-state index contributed by atoms with van der Waals surface area (Å²) in [7, 11) is -3.58. The number of benzene rings is 2. The van der Waals surface area contributed by atoms with Gasteiger partial charge in [0.15, 0.2) is 0 Å². The molecule has 1 saturated heterocycles.